The maximum absolute atomic E-state index is 11.6. The zero-order chi connectivity index (χ0) is 12.7. The molecule has 0 aromatic rings. The number of hydrogen-bond donors (Lipinski definition) is 1. The standard InChI is InChI=1S/C15H26O2/c1-11-4-5-13-14(2,3)8-9-15(13,10-16)7-6-12(11)17/h10-13,17H,4-9H2,1-3H3. The summed E-state index contributed by atoms with van der Waals surface area (Å²) in [6.45, 7) is 6.76. The van der Waals surface area contributed by atoms with Crippen LogP contribution in [0.1, 0.15) is 59.3 Å². The number of aliphatic hydroxyl groups excluding tert-OH is 1. The zero-order valence-electron chi connectivity index (χ0n) is 11.4. The Bertz CT molecular complexity index is 297. The van der Waals surface area contributed by atoms with Gasteiger partial charge >= 0.3 is 0 Å². The second-order valence-electron chi connectivity index (χ2n) is 7.05. The van der Waals surface area contributed by atoms with Crippen LogP contribution in [0.25, 0.3) is 0 Å². The summed E-state index contributed by atoms with van der Waals surface area (Å²) in [5.41, 5.74) is 0.160. The maximum atomic E-state index is 11.6. The first-order valence-electron chi connectivity index (χ1n) is 7.06. The number of fused-ring (bicyclic) bond motifs is 1. The van der Waals surface area contributed by atoms with E-state index in [4.69, 9.17) is 0 Å². The molecule has 0 amide bonds. The van der Waals surface area contributed by atoms with Gasteiger partial charge in [0, 0.05) is 5.41 Å². The fraction of sp³-hybridized carbons (Fsp3) is 0.933. The molecule has 2 rings (SSSR count). The average molecular weight is 238 g/mol. The molecule has 2 heteroatoms. The van der Waals surface area contributed by atoms with Crippen LogP contribution in [0.2, 0.25) is 0 Å². The summed E-state index contributed by atoms with van der Waals surface area (Å²) in [7, 11) is 0. The number of hydrogen-bond acceptors (Lipinski definition) is 2. The topological polar surface area (TPSA) is 37.3 Å². The van der Waals surface area contributed by atoms with Gasteiger partial charge in [-0.25, -0.2) is 0 Å². The highest BCUT2D eigenvalue weighted by molar-refractivity contribution is 5.61. The van der Waals surface area contributed by atoms with E-state index >= 15 is 0 Å². The molecule has 0 aliphatic heterocycles. The number of carbonyl (C=O) groups excluding carboxylic acids is 1. The van der Waals surface area contributed by atoms with Crippen LogP contribution in [0.5, 0.6) is 0 Å². The molecule has 98 valence electrons. The van der Waals surface area contributed by atoms with E-state index in [-0.39, 0.29) is 11.5 Å². The largest absolute Gasteiger partial charge is 0.393 e. The van der Waals surface area contributed by atoms with E-state index in [0.29, 0.717) is 17.3 Å². The summed E-state index contributed by atoms with van der Waals surface area (Å²) < 4.78 is 0. The van der Waals surface area contributed by atoms with E-state index in [1.165, 1.54) is 6.29 Å². The van der Waals surface area contributed by atoms with Crippen LogP contribution in [0.4, 0.5) is 0 Å². The molecule has 17 heavy (non-hydrogen) atoms. The molecule has 4 unspecified atom stereocenters. The zero-order valence-corrected chi connectivity index (χ0v) is 11.4. The van der Waals surface area contributed by atoms with Crippen LogP contribution in [-0.2, 0) is 4.79 Å². The third-order valence-electron chi connectivity index (χ3n) is 5.58. The van der Waals surface area contributed by atoms with Gasteiger partial charge in [-0.05, 0) is 55.8 Å². The molecule has 0 bridgehead atoms. The maximum Gasteiger partial charge on any atom is 0.126 e. The number of carbonyl (C=O) groups is 1. The Balaban J connectivity index is 2.25. The summed E-state index contributed by atoms with van der Waals surface area (Å²) in [5.74, 6) is 0.901. The fourth-order valence-electron chi connectivity index (χ4n) is 4.18. The summed E-state index contributed by atoms with van der Waals surface area (Å²) in [6.07, 6.45) is 7.03. The van der Waals surface area contributed by atoms with Crippen molar-refractivity contribution in [3.63, 3.8) is 0 Å². The number of rotatable bonds is 1. The van der Waals surface area contributed by atoms with E-state index < -0.39 is 0 Å². The van der Waals surface area contributed by atoms with Gasteiger partial charge in [-0.1, -0.05) is 20.8 Å². The Kier molecular flexibility index (Phi) is 3.37. The second kappa shape index (κ2) is 4.38. The minimum absolute atomic E-state index is 0.134. The highest BCUT2D eigenvalue weighted by atomic mass is 16.3. The Hall–Kier alpha value is -0.370. The lowest BCUT2D eigenvalue weighted by Crippen LogP contribution is -2.37. The van der Waals surface area contributed by atoms with E-state index in [1.807, 2.05) is 0 Å². The molecule has 2 fully saturated rings. The molecule has 0 spiro atoms. The first-order chi connectivity index (χ1) is 7.91. The predicted molar refractivity (Wildman–Crippen MR) is 68.6 cm³/mol. The van der Waals surface area contributed by atoms with Crippen molar-refractivity contribution in [3.05, 3.63) is 0 Å². The minimum atomic E-state index is -0.212. The number of aldehydes is 1. The summed E-state index contributed by atoms with van der Waals surface area (Å²) in [4.78, 5) is 11.6. The molecule has 0 heterocycles. The molecule has 2 saturated carbocycles. The van der Waals surface area contributed by atoms with Crippen LogP contribution >= 0.6 is 0 Å². The molecule has 2 nitrogen and oxygen atoms in total. The predicted octanol–water partition coefficient (Wildman–Crippen LogP) is 3.18. The van der Waals surface area contributed by atoms with Crippen molar-refractivity contribution in [1.29, 1.82) is 0 Å². The van der Waals surface area contributed by atoms with Gasteiger partial charge in [0.25, 0.3) is 0 Å². The summed E-state index contributed by atoms with van der Waals surface area (Å²) in [6, 6.07) is 0. The van der Waals surface area contributed by atoms with Crippen LogP contribution in [-0.4, -0.2) is 17.5 Å². The third-order valence-corrected chi connectivity index (χ3v) is 5.58. The first kappa shape index (κ1) is 13.1. The van der Waals surface area contributed by atoms with Gasteiger partial charge in [0.2, 0.25) is 0 Å². The van der Waals surface area contributed by atoms with Crippen molar-refractivity contribution in [1.82, 2.24) is 0 Å². The molecular formula is C15H26O2. The molecule has 0 aromatic carbocycles. The quantitative estimate of drug-likeness (QED) is 0.712. The van der Waals surface area contributed by atoms with Crippen molar-refractivity contribution >= 4 is 6.29 Å². The Morgan fingerprint density at radius 3 is 2.47 bits per heavy atom. The van der Waals surface area contributed by atoms with Gasteiger partial charge in [-0.3, -0.25) is 0 Å². The summed E-state index contributed by atoms with van der Waals surface area (Å²) >= 11 is 0. The molecule has 0 aromatic heterocycles. The smallest absolute Gasteiger partial charge is 0.126 e. The highest BCUT2D eigenvalue weighted by Crippen LogP contribution is 2.58. The summed E-state index contributed by atoms with van der Waals surface area (Å²) in [5, 5.41) is 10.0. The van der Waals surface area contributed by atoms with Gasteiger partial charge in [-0.2, -0.15) is 0 Å². The molecule has 0 saturated heterocycles. The second-order valence-corrected chi connectivity index (χ2v) is 7.05. The first-order valence-corrected chi connectivity index (χ1v) is 7.06. The minimum Gasteiger partial charge on any atom is -0.393 e. The van der Waals surface area contributed by atoms with E-state index in [9.17, 15) is 9.90 Å². The van der Waals surface area contributed by atoms with Gasteiger partial charge in [-0.15, -0.1) is 0 Å². The molecule has 4 atom stereocenters. The number of aliphatic hydroxyl groups is 1. The van der Waals surface area contributed by atoms with Crippen LogP contribution in [0, 0.1) is 22.7 Å². The Labute approximate surface area is 105 Å². The Morgan fingerprint density at radius 2 is 1.82 bits per heavy atom. The van der Waals surface area contributed by atoms with Crippen molar-refractivity contribution in [2.45, 2.75) is 65.4 Å². The monoisotopic (exact) mass is 238 g/mol. The average Bonchev–Trinajstić information content (AvgIpc) is 2.53. The van der Waals surface area contributed by atoms with E-state index in [1.54, 1.807) is 0 Å². The molecule has 0 radical (unpaired) electrons. The van der Waals surface area contributed by atoms with Crippen LogP contribution in [0.15, 0.2) is 0 Å². The van der Waals surface area contributed by atoms with Gasteiger partial charge in [0.15, 0.2) is 0 Å². The van der Waals surface area contributed by atoms with Gasteiger partial charge < -0.3 is 9.90 Å². The van der Waals surface area contributed by atoms with Gasteiger partial charge in [0.05, 0.1) is 6.10 Å². The highest BCUT2D eigenvalue weighted by Gasteiger charge is 2.52. The molecule has 1 N–H and O–H groups in total. The lowest BCUT2D eigenvalue weighted by Gasteiger charge is -2.40. The molecular weight excluding hydrogens is 212 g/mol. The van der Waals surface area contributed by atoms with Gasteiger partial charge in [0.1, 0.15) is 6.29 Å². The Morgan fingerprint density at radius 1 is 1.12 bits per heavy atom. The van der Waals surface area contributed by atoms with E-state index in [2.05, 4.69) is 20.8 Å². The third kappa shape index (κ3) is 2.16. The van der Waals surface area contributed by atoms with Crippen LogP contribution < -0.4 is 0 Å². The van der Waals surface area contributed by atoms with Crippen LogP contribution in [0.3, 0.4) is 0 Å². The SMILES string of the molecule is CC1CCC2C(C)(C)CCC2(C=O)CCC1O. The molecule has 2 aliphatic rings. The van der Waals surface area contributed by atoms with Crippen molar-refractivity contribution in [3.8, 4) is 0 Å². The van der Waals surface area contributed by atoms with Crippen molar-refractivity contribution in [2.24, 2.45) is 22.7 Å². The van der Waals surface area contributed by atoms with Crippen molar-refractivity contribution in [2.75, 3.05) is 0 Å². The lowest BCUT2D eigenvalue weighted by molar-refractivity contribution is -0.121. The van der Waals surface area contributed by atoms with Crippen molar-refractivity contribution < 1.29 is 9.90 Å². The fourth-order valence-corrected chi connectivity index (χ4v) is 4.18. The van der Waals surface area contributed by atoms with E-state index in [0.717, 1.165) is 38.5 Å². The molecule has 2 aliphatic carbocycles. The normalized spacial score (nSPS) is 45.8. The lowest BCUT2D eigenvalue weighted by atomic mass is 9.64.